The van der Waals surface area contributed by atoms with Crippen LogP contribution in [0.3, 0.4) is 0 Å². The normalized spacial score (nSPS) is 10.2. The Bertz CT molecular complexity index is 519. The van der Waals surface area contributed by atoms with Crippen LogP contribution in [0.15, 0.2) is 28.9 Å². The number of nitrogens with zero attached hydrogens (tertiary/aromatic N) is 2. The number of carbonyl (C=O) groups excluding carboxylic acids is 1. The zero-order valence-corrected chi connectivity index (χ0v) is 9.30. The molecular weight excluding hydrogens is 220 g/mol. The lowest BCUT2D eigenvalue weighted by atomic mass is 10.3. The van der Waals surface area contributed by atoms with Gasteiger partial charge in [-0.3, -0.25) is 4.79 Å². The van der Waals surface area contributed by atoms with Crippen LogP contribution in [0.1, 0.15) is 22.0 Å². The van der Waals surface area contributed by atoms with Gasteiger partial charge in [0.25, 0.3) is 0 Å². The molecule has 0 aliphatic heterocycles. The van der Waals surface area contributed by atoms with Crippen molar-refractivity contribution in [1.29, 1.82) is 0 Å². The highest BCUT2D eigenvalue weighted by atomic mass is 16.4. The van der Waals surface area contributed by atoms with Gasteiger partial charge in [0.1, 0.15) is 11.6 Å². The molecule has 2 rings (SSSR count). The summed E-state index contributed by atoms with van der Waals surface area (Å²) in [5.41, 5.74) is 5.48. The summed E-state index contributed by atoms with van der Waals surface area (Å²) in [6.07, 6.45) is 3.08. The van der Waals surface area contributed by atoms with Crippen molar-refractivity contribution < 1.29 is 9.21 Å². The number of nitrogens with two attached hydrogens (primary N) is 1. The van der Waals surface area contributed by atoms with Gasteiger partial charge in [-0.25, -0.2) is 9.97 Å². The number of carbonyl (C=O) groups is 1. The topological polar surface area (TPSA) is 94.0 Å². The van der Waals surface area contributed by atoms with Gasteiger partial charge in [0.05, 0.1) is 18.3 Å². The Morgan fingerprint density at radius 1 is 1.41 bits per heavy atom. The van der Waals surface area contributed by atoms with Crippen molar-refractivity contribution in [2.45, 2.75) is 13.5 Å². The third-order valence-corrected chi connectivity index (χ3v) is 2.14. The lowest BCUT2D eigenvalue weighted by molar-refractivity contribution is 0.1000. The maximum atomic E-state index is 10.8. The second-order valence-corrected chi connectivity index (χ2v) is 3.51. The van der Waals surface area contributed by atoms with Crippen LogP contribution in [0.2, 0.25) is 0 Å². The first-order chi connectivity index (χ1) is 8.15. The highest BCUT2D eigenvalue weighted by Crippen LogP contribution is 2.07. The predicted octanol–water partition coefficient (Wildman–Crippen LogP) is 1.09. The van der Waals surface area contributed by atoms with Gasteiger partial charge in [0.15, 0.2) is 0 Å². The van der Waals surface area contributed by atoms with Crippen LogP contribution in [0, 0.1) is 6.92 Å². The zero-order valence-electron chi connectivity index (χ0n) is 9.30. The van der Waals surface area contributed by atoms with Gasteiger partial charge in [0.2, 0.25) is 11.8 Å². The maximum Gasteiger partial charge on any atom is 0.250 e. The number of amides is 1. The number of hydrogen-bond donors (Lipinski definition) is 2. The van der Waals surface area contributed by atoms with E-state index in [4.69, 9.17) is 10.2 Å². The summed E-state index contributed by atoms with van der Waals surface area (Å²) in [4.78, 5) is 18.9. The highest BCUT2D eigenvalue weighted by molar-refractivity contribution is 5.92. The Balaban J connectivity index is 1.97. The molecule has 3 N–H and O–H groups in total. The first kappa shape index (κ1) is 11.1. The van der Waals surface area contributed by atoms with Gasteiger partial charge in [-0.05, 0) is 19.1 Å². The number of aryl methyl sites for hydroxylation is 1. The first-order valence-corrected chi connectivity index (χ1v) is 5.06. The Hall–Kier alpha value is -2.37. The average Bonchev–Trinajstić information content (AvgIpc) is 2.73. The van der Waals surface area contributed by atoms with Gasteiger partial charge in [-0.1, -0.05) is 0 Å². The smallest absolute Gasteiger partial charge is 0.250 e. The summed E-state index contributed by atoms with van der Waals surface area (Å²) in [7, 11) is 0. The summed E-state index contributed by atoms with van der Waals surface area (Å²) < 4.78 is 5.29. The van der Waals surface area contributed by atoms with Crippen LogP contribution in [-0.4, -0.2) is 15.9 Å². The van der Waals surface area contributed by atoms with E-state index in [1.54, 1.807) is 18.3 Å². The van der Waals surface area contributed by atoms with E-state index in [1.807, 2.05) is 6.92 Å². The number of hydrogen-bond acceptors (Lipinski definition) is 5. The molecule has 0 aliphatic carbocycles. The van der Waals surface area contributed by atoms with Gasteiger partial charge < -0.3 is 15.5 Å². The van der Waals surface area contributed by atoms with Crippen LogP contribution in [0.4, 0.5) is 5.82 Å². The van der Waals surface area contributed by atoms with Crippen LogP contribution >= 0.6 is 0 Å². The Morgan fingerprint density at radius 3 is 2.76 bits per heavy atom. The molecule has 2 heterocycles. The predicted molar refractivity (Wildman–Crippen MR) is 61.3 cm³/mol. The van der Waals surface area contributed by atoms with E-state index in [0.717, 1.165) is 5.76 Å². The average molecular weight is 232 g/mol. The van der Waals surface area contributed by atoms with Gasteiger partial charge in [-0.2, -0.15) is 0 Å². The van der Waals surface area contributed by atoms with Crippen molar-refractivity contribution in [1.82, 2.24) is 9.97 Å². The summed E-state index contributed by atoms with van der Waals surface area (Å²) in [6, 6.07) is 3.29. The van der Waals surface area contributed by atoms with E-state index in [-0.39, 0.29) is 0 Å². The van der Waals surface area contributed by atoms with Gasteiger partial charge >= 0.3 is 0 Å². The fraction of sp³-hybridized carbons (Fsp3) is 0.182. The first-order valence-electron chi connectivity index (χ1n) is 5.06. The number of pyridine rings is 1. The molecule has 6 nitrogen and oxygen atoms in total. The van der Waals surface area contributed by atoms with E-state index in [1.165, 1.54) is 6.20 Å². The quantitative estimate of drug-likeness (QED) is 0.822. The molecule has 0 aromatic carbocycles. The molecule has 0 saturated heterocycles. The van der Waals surface area contributed by atoms with Crippen molar-refractivity contribution >= 4 is 11.7 Å². The van der Waals surface area contributed by atoms with E-state index in [2.05, 4.69) is 15.3 Å². The molecule has 17 heavy (non-hydrogen) atoms. The Morgan fingerprint density at radius 2 is 2.24 bits per heavy atom. The highest BCUT2D eigenvalue weighted by Gasteiger charge is 2.03. The van der Waals surface area contributed by atoms with Crippen LogP contribution in [-0.2, 0) is 6.54 Å². The minimum absolute atomic E-state index is 0.377. The van der Waals surface area contributed by atoms with E-state index in [9.17, 15) is 4.79 Å². The maximum absolute atomic E-state index is 10.8. The van der Waals surface area contributed by atoms with Crippen molar-refractivity contribution in [3.05, 3.63) is 41.7 Å². The largest absolute Gasteiger partial charge is 0.444 e. The molecule has 6 heteroatoms. The van der Waals surface area contributed by atoms with Crippen molar-refractivity contribution in [2.24, 2.45) is 5.73 Å². The van der Waals surface area contributed by atoms with Crippen LogP contribution < -0.4 is 11.1 Å². The lowest BCUT2D eigenvalue weighted by Gasteiger charge is -2.02. The van der Waals surface area contributed by atoms with E-state index >= 15 is 0 Å². The Kier molecular flexibility index (Phi) is 3.04. The van der Waals surface area contributed by atoms with Crippen molar-refractivity contribution in [2.75, 3.05) is 5.32 Å². The van der Waals surface area contributed by atoms with Gasteiger partial charge in [-0.15, -0.1) is 0 Å². The molecule has 0 atom stereocenters. The molecular formula is C11H12N4O2. The SMILES string of the molecule is Cc1cnc(CNc2ccc(C(N)=O)cn2)o1. The molecule has 0 unspecified atom stereocenters. The number of anilines is 1. The Labute approximate surface area is 97.9 Å². The van der Waals surface area contributed by atoms with Crippen molar-refractivity contribution in [3.8, 4) is 0 Å². The molecule has 0 saturated carbocycles. The number of aromatic nitrogens is 2. The molecule has 88 valence electrons. The number of primary amides is 1. The number of nitrogens with one attached hydrogen (secondary N) is 1. The molecule has 2 aromatic rings. The van der Waals surface area contributed by atoms with Crippen LogP contribution in [0.5, 0.6) is 0 Å². The molecule has 0 radical (unpaired) electrons. The minimum atomic E-state index is -0.493. The molecule has 1 amide bonds. The fourth-order valence-electron chi connectivity index (χ4n) is 1.29. The standard InChI is InChI=1S/C11H12N4O2/c1-7-4-15-10(17-7)6-14-9-3-2-8(5-13-9)11(12)16/h2-5H,6H2,1H3,(H2,12,16)(H,13,14). The third-order valence-electron chi connectivity index (χ3n) is 2.14. The van der Waals surface area contributed by atoms with E-state index < -0.39 is 5.91 Å². The summed E-state index contributed by atoms with van der Waals surface area (Å²) in [5, 5.41) is 3.02. The molecule has 0 spiro atoms. The monoisotopic (exact) mass is 232 g/mol. The van der Waals surface area contributed by atoms with Crippen LogP contribution in [0.25, 0.3) is 0 Å². The molecule has 0 aliphatic rings. The fourth-order valence-corrected chi connectivity index (χ4v) is 1.29. The van der Waals surface area contributed by atoms with E-state index in [0.29, 0.717) is 23.8 Å². The summed E-state index contributed by atoms with van der Waals surface area (Å²) in [5.74, 6) is 1.49. The van der Waals surface area contributed by atoms with Crippen molar-refractivity contribution in [3.63, 3.8) is 0 Å². The number of rotatable bonds is 4. The molecule has 0 bridgehead atoms. The zero-order chi connectivity index (χ0) is 12.3. The second-order valence-electron chi connectivity index (χ2n) is 3.51. The molecule has 0 fully saturated rings. The summed E-state index contributed by atoms with van der Waals surface area (Å²) >= 11 is 0. The summed E-state index contributed by atoms with van der Waals surface area (Å²) in [6.45, 7) is 2.27. The molecule has 2 aromatic heterocycles. The van der Waals surface area contributed by atoms with Gasteiger partial charge in [0, 0.05) is 6.20 Å². The minimum Gasteiger partial charge on any atom is -0.444 e. The second kappa shape index (κ2) is 4.65. The lowest BCUT2D eigenvalue weighted by Crippen LogP contribution is -2.11. The number of oxazole rings is 1. The third kappa shape index (κ3) is 2.81.